The molecule has 0 unspecified atom stereocenters. The van der Waals surface area contributed by atoms with Crippen LogP contribution < -0.4 is 10.5 Å². The van der Waals surface area contributed by atoms with E-state index < -0.39 is 0 Å². The van der Waals surface area contributed by atoms with Crippen molar-refractivity contribution in [3.63, 3.8) is 0 Å². The highest BCUT2D eigenvalue weighted by Gasteiger charge is 1.97. The molecule has 13 heavy (non-hydrogen) atoms. The summed E-state index contributed by atoms with van der Waals surface area (Å²) in [6.45, 7) is 4.08. The zero-order valence-corrected chi connectivity index (χ0v) is 8.29. The van der Waals surface area contributed by atoms with E-state index in [-0.39, 0.29) is 0 Å². The zero-order valence-electron chi connectivity index (χ0n) is 8.29. The number of anilines is 1. The number of hydrogen-bond acceptors (Lipinski definition) is 2. The lowest BCUT2D eigenvalue weighted by Crippen LogP contribution is -1.91. The molecule has 1 aromatic rings. The van der Waals surface area contributed by atoms with Gasteiger partial charge < -0.3 is 10.5 Å². The van der Waals surface area contributed by atoms with E-state index in [0.717, 1.165) is 17.0 Å². The van der Waals surface area contributed by atoms with Gasteiger partial charge in [0, 0.05) is 11.3 Å². The number of ether oxygens (including phenoxy) is 1. The molecule has 0 heterocycles. The summed E-state index contributed by atoms with van der Waals surface area (Å²) in [5, 5.41) is 0. The number of nitrogen functional groups attached to an aromatic ring is 1. The molecule has 0 bridgehead atoms. The molecule has 0 atom stereocenters. The number of methoxy groups -OCH3 is 1. The van der Waals surface area contributed by atoms with E-state index in [1.54, 1.807) is 7.11 Å². The van der Waals surface area contributed by atoms with Crippen molar-refractivity contribution in [2.75, 3.05) is 12.8 Å². The van der Waals surface area contributed by atoms with Crippen molar-refractivity contribution in [2.45, 2.75) is 13.8 Å². The normalized spacial score (nSPS) is 9.46. The van der Waals surface area contributed by atoms with Crippen LogP contribution in [0.2, 0.25) is 0 Å². The predicted molar refractivity (Wildman–Crippen MR) is 56.7 cm³/mol. The van der Waals surface area contributed by atoms with Crippen molar-refractivity contribution in [1.82, 2.24) is 0 Å². The van der Waals surface area contributed by atoms with Gasteiger partial charge in [0.15, 0.2) is 0 Å². The third-order valence-corrected chi connectivity index (χ3v) is 1.74. The molecule has 1 rings (SSSR count). The molecule has 0 radical (unpaired) electrons. The average molecular weight is 177 g/mol. The minimum Gasteiger partial charge on any atom is -0.497 e. The molecule has 2 heteroatoms. The first-order chi connectivity index (χ1) is 6.13. The fraction of sp³-hybridized carbons (Fsp3) is 0.273. The van der Waals surface area contributed by atoms with Crippen molar-refractivity contribution in [3.8, 4) is 5.75 Å². The summed E-state index contributed by atoms with van der Waals surface area (Å²) in [6.07, 6.45) is 2.04. The molecule has 0 aliphatic rings. The van der Waals surface area contributed by atoms with Gasteiger partial charge in [0.1, 0.15) is 5.75 Å². The van der Waals surface area contributed by atoms with Crippen LogP contribution in [0.25, 0.3) is 6.08 Å². The minimum absolute atomic E-state index is 0.780. The van der Waals surface area contributed by atoms with Gasteiger partial charge in [0.2, 0.25) is 0 Å². The smallest absolute Gasteiger partial charge is 0.119 e. The molecular formula is C11H15NO. The Labute approximate surface area is 79.0 Å². The predicted octanol–water partition coefficient (Wildman–Crippen LogP) is 2.70. The van der Waals surface area contributed by atoms with Crippen LogP contribution in [0.5, 0.6) is 5.75 Å². The van der Waals surface area contributed by atoms with Crippen molar-refractivity contribution in [3.05, 3.63) is 29.3 Å². The maximum Gasteiger partial charge on any atom is 0.119 e. The molecule has 0 aromatic heterocycles. The molecule has 70 valence electrons. The topological polar surface area (TPSA) is 35.2 Å². The monoisotopic (exact) mass is 177 g/mol. The zero-order chi connectivity index (χ0) is 9.84. The molecule has 0 amide bonds. The highest BCUT2D eigenvalue weighted by molar-refractivity contribution is 5.67. The number of allylic oxidation sites excluding steroid dienone is 1. The van der Waals surface area contributed by atoms with Crippen LogP contribution in [0, 0.1) is 0 Å². The van der Waals surface area contributed by atoms with Crippen molar-refractivity contribution in [1.29, 1.82) is 0 Å². The Morgan fingerprint density at radius 1 is 1.38 bits per heavy atom. The van der Waals surface area contributed by atoms with E-state index in [1.165, 1.54) is 5.57 Å². The average Bonchev–Trinajstić information content (AvgIpc) is 2.08. The van der Waals surface area contributed by atoms with Gasteiger partial charge >= 0.3 is 0 Å². The molecule has 2 N–H and O–H groups in total. The number of hydrogen-bond donors (Lipinski definition) is 1. The van der Waals surface area contributed by atoms with Crippen LogP contribution in [-0.4, -0.2) is 7.11 Å². The standard InChI is InChI=1S/C11H15NO/c1-8(2)6-9-7-10(13-3)4-5-11(9)12/h4-7H,12H2,1-3H3. The van der Waals surface area contributed by atoms with Gasteiger partial charge in [-0.3, -0.25) is 0 Å². The first-order valence-electron chi connectivity index (χ1n) is 4.22. The van der Waals surface area contributed by atoms with Crippen molar-refractivity contribution >= 4 is 11.8 Å². The maximum absolute atomic E-state index is 5.79. The molecule has 0 saturated carbocycles. The van der Waals surface area contributed by atoms with E-state index in [1.807, 2.05) is 38.1 Å². The maximum atomic E-state index is 5.79. The first-order valence-corrected chi connectivity index (χ1v) is 4.22. The van der Waals surface area contributed by atoms with Gasteiger partial charge in [-0.1, -0.05) is 11.6 Å². The molecule has 0 spiro atoms. The fourth-order valence-electron chi connectivity index (χ4n) is 1.12. The number of nitrogens with two attached hydrogens (primary N) is 1. The summed E-state index contributed by atoms with van der Waals surface area (Å²) in [4.78, 5) is 0. The second-order valence-electron chi connectivity index (χ2n) is 3.22. The second-order valence-corrected chi connectivity index (χ2v) is 3.22. The summed E-state index contributed by atoms with van der Waals surface area (Å²) < 4.78 is 5.11. The Kier molecular flexibility index (Phi) is 2.96. The lowest BCUT2D eigenvalue weighted by atomic mass is 10.1. The Bertz CT molecular complexity index is 325. The second kappa shape index (κ2) is 3.99. The van der Waals surface area contributed by atoms with Crippen LogP contribution >= 0.6 is 0 Å². The Hall–Kier alpha value is -1.44. The number of rotatable bonds is 2. The summed E-state index contributed by atoms with van der Waals surface area (Å²) in [6, 6.07) is 5.65. The van der Waals surface area contributed by atoms with Crippen LogP contribution in [0.1, 0.15) is 19.4 Å². The van der Waals surface area contributed by atoms with Gasteiger partial charge in [-0.25, -0.2) is 0 Å². The van der Waals surface area contributed by atoms with E-state index in [9.17, 15) is 0 Å². The van der Waals surface area contributed by atoms with Gasteiger partial charge in [-0.2, -0.15) is 0 Å². The van der Waals surface area contributed by atoms with Gasteiger partial charge in [-0.05, 0) is 32.0 Å². The molecule has 0 saturated heterocycles. The molecular weight excluding hydrogens is 162 g/mol. The Balaban J connectivity index is 3.11. The molecule has 1 aromatic carbocycles. The molecule has 0 aliphatic carbocycles. The van der Waals surface area contributed by atoms with E-state index >= 15 is 0 Å². The summed E-state index contributed by atoms with van der Waals surface area (Å²) in [5.74, 6) is 0.835. The Morgan fingerprint density at radius 3 is 2.62 bits per heavy atom. The van der Waals surface area contributed by atoms with Gasteiger partial charge in [0.05, 0.1) is 7.11 Å². The summed E-state index contributed by atoms with van der Waals surface area (Å²) in [5.41, 5.74) is 8.81. The third kappa shape index (κ3) is 2.51. The fourth-order valence-corrected chi connectivity index (χ4v) is 1.12. The van der Waals surface area contributed by atoms with Crippen LogP contribution in [0.15, 0.2) is 23.8 Å². The third-order valence-electron chi connectivity index (χ3n) is 1.74. The van der Waals surface area contributed by atoms with Crippen molar-refractivity contribution in [2.24, 2.45) is 0 Å². The lowest BCUT2D eigenvalue weighted by Gasteiger charge is -2.04. The summed E-state index contributed by atoms with van der Waals surface area (Å²) >= 11 is 0. The largest absolute Gasteiger partial charge is 0.497 e. The number of benzene rings is 1. The quantitative estimate of drug-likeness (QED) is 0.705. The van der Waals surface area contributed by atoms with E-state index in [2.05, 4.69) is 0 Å². The van der Waals surface area contributed by atoms with E-state index in [0.29, 0.717) is 0 Å². The van der Waals surface area contributed by atoms with Crippen molar-refractivity contribution < 1.29 is 4.74 Å². The van der Waals surface area contributed by atoms with Crippen LogP contribution in [0.3, 0.4) is 0 Å². The van der Waals surface area contributed by atoms with Crippen LogP contribution in [-0.2, 0) is 0 Å². The lowest BCUT2D eigenvalue weighted by molar-refractivity contribution is 0.415. The molecule has 0 aliphatic heterocycles. The molecule has 0 fully saturated rings. The minimum atomic E-state index is 0.780. The summed E-state index contributed by atoms with van der Waals surface area (Å²) in [7, 11) is 1.65. The van der Waals surface area contributed by atoms with E-state index in [4.69, 9.17) is 10.5 Å². The highest BCUT2D eigenvalue weighted by Crippen LogP contribution is 2.21. The van der Waals surface area contributed by atoms with Gasteiger partial charge in [0.25, 0.3) is 0 Å². The molecule has 2 nitrogen and oxygen atoms in total. The highest BCUT2D eigenvalue weighted by atomic mass is 16.5. The Morgan fingerprint density at radius 2 is 2.08 bits per heavy atom. The SMILES string of the molecule is COc1ccc(N)c(C=C(C)C)c1. The van der Waals surface area contributed by atoms with Crippen LogP contribution in [0.4, 0.5) is 5.69 Å². The van der Waals surface area contributed by atoms with Gasteiger partial charge in [-0.15, -0.1) is 0 Å². The first kappa shape index (κ1) is 9.65.